The van der Waals surface area contributed by atoms with Crippen molar-refractivity contribution in [3.63, 3.8) is 0 Å². The van der Waals surface area contributed by atoms with Crippen molar-refractivity contribution < 1.29 is 14.3 Å². The van der Waals surface area contributed by atoms with Crippen LogP contribution in [-0.2, 0) is 4.79 Å². The lowest BCUT2D eigenvalue weighted by Gasteiger charge is -2.24. The Morgan fingerprint density at radius 1 is 0.853 bits per heavy atom. The molecule has 0 aliphatic carbocycles. The van der Waals surface area contributed by atoms with Crippen LogP contribution in [0.25, 0.3) is 0 Å². The minimum atomic E-state index is -0.332. The summed E-state index contributed by atoms with van der Waals surface area (Å²) in [5, 5.41) is 6.32. The molecule has 1 unspecified atom stereocenters. The molecule has 0 spiro atoms. The van der Waals surface area contributed by atoms with Crippen molar-refractivity contribution in [2.75, 3.05) is 19.7 Å². The predicted molar refractivity (Wildman–Crippen MR) is 131 cm³/mol. The van der Waals surface area contributed by atoms with Crippen LogP contribution in [0.4, 0.5) is 0 Å². The summed E-state index contributed by atoms with van der Waals surface area (Å²) in [4.78, 5) is 27.9. The van der Waals surface area contributed by atoms with Gasteiger partial charge in [0.1, 0.15) is 5.75 Å². The number of likely N-dealkylation sites (tertiary alicyclic amines) is 1. The van der Waals surface area contributed by atoms with Gasteiger partial charge in [0.15, 0.2) is 6.61 Å². The summed E-state index contributed by atoms with van der Waals surface area (Å²) in [5.41, 5.74) is 3.25. The second kappa shape index (κ2) is 9.91. The summed E-state index contributed by atoms with van der Waals surface area (Å²) < 4.78 is 6.02. The summed E-state index contributed by atoms with van der Waals surface area (Å²) >= 11 is 0. The number of rotatable bonds is 6. The molecule has 6 nitrogen and oxygen atoms in total. The first-order chi connectivity index (χ1) is 16.7. The SMILES string of the molecule is O=C(COc1ccccc1C1CC(c2ccccc2)=NN1C(=O)c1ccccc1)N1CCCC1. The Morgan fingerprint density at radius 3 is 2.24 bits per heavy atom. The minimum absolute atomic E-state index is 0.00262. The fourth-order valence-corrected chi connectivity index (χ4v) is 4.54. The maximum Gasteiger partial charge on any atom is 0.274 e. The molecule has 0 N–H and O–H groups in total. The molecular weight excluding hydrogens is 426 g/mol. The molecule has 3 aromatic rings. The van der Waals surface area contributed by atoms with Crippen molar-refractivity contribution in [3.05, 3.63) is 102 Å². The molecule has 0 saturated carbocycles. The lowest BCUT2D eigenvalue weighted by atomic mass is 9.97. The predicted octanol–water partition coefficient (Wildman–Crippen LogP) is 4.68. The summed E-state index contributed by atoms with van der Waals surface area (Å²) in [6, 6.07) is 26.4. The van der Waals surface area contributed by atoms with Crippen molar-refractivity contribution >= 4 is 17.5 Å². The minimum Gasteiger partial charge on any atom is -0.483 e. The van der Waals surface area contributed by atoms with Crippen LogP contribution in [0.15, 0.2) is 90.0 Å². The van der Waals surface area contributed by atoms with E-state index in [0.717, 1.165) is 42.8 Å². The van der Waals surface area contributed by atoms with Crippen LogP contribution < -0.4 is 4.74 Å². The average molecular weight is 454 g/mol. The standard InChI is InChI=1S/C28H27N3O3/c32-27(30-17-9-10-18-30)20-34-26-16-8-7-15-23(26)25-19-24(21-11-3-1-4-12-21)29-31(25)28(33)22-13-5-2-6-14-22/h1-8,11-16,25H,9-10,17-20H2. The van der Waals surface area contributed by atoms with Gasteiger partial charge in [-0.25, -0.2) is 5.01 Å². The number of carbonyl (C=O) groups is 2. The highest BCUT2D eigenvalue weighted by atomic mass is 16.5. The third-order valence-corrected chi connectivity index (χ3v) is 6.33. The third kappa shape index (κ3) is 4.57. The highest BCUT2D eigenvalue weighted by molar-refractivity contribution is 6.05. The molecule has 6 heteroatoms. The quantitative estimate of drug-likeness (QED) is 0.545. The van der Waals surface area contributed by atoms with Gasteiger partial charge in [-0.05, 0) is 36.6 Å². The third-order valence-electron chi connectivity index (χ3n) is 6.33. The Kier molecular flexibility index (Phi) is 6.38. The van der Waals surface area contributed by atoms with Crippen LogP contribution in [-0.4, -0.2) is 47.1 Å². The van der Waals surface area contributed by atoms with E-state index in [0.29, 0.717) is 17.7 Å². The molecule has 0 bridgehead atoms. The monoisotopic (exact) mass is 453 g/mol. The van der Waals surface area contributed by atoms with E-state index >= 15 is 0 Å². The lowest BCUT2D eigenvalue weighted by molar-refractivity contribution is -0.132. The van der Waals surface area contributed by atoms with Gasteiger partial charge >= 0.3 is 0 Å². The summed E-state index contributed by atoms with van der Waals surface area (Å²) in [6.07, 6.45) is 2.64. The fraction of sp³-hybridized carbons (Fsp3) is 0.250. The van der Waals surface area contributed by atoms with Gasteiger partial charge in [-0.1, -0.05) is 66.7 Å². The molecule has 3 aromatic carbocycles. The molecule has 172 valence electrons. The molecule has 2 heterocycles. The van der Waals surface area contributed by atoms with Gasteiger partial charge in [0, 0.05) is 30.6 Å². The van der Waals surface area contributed by atoms with Crippen molar-refractivity contribution in [1.82, 2.24) is 9.91 Å². The number of carbonyl (C=O) groups excluding carboxylic acids is 2. The molecule has 2 aliphatic heterocycles. The number of benzene rings is 3. The van der Waals surface area contributed by atoms with E-state index in [1.807, 2.05) is 77.7 Å². The number of hydrazone groups is 1. The average Bonchev–Trinajstić information content (AvgIpc) is 3.59. The molecule has 0 aromatic heterocycles. The molecule has 5 rings (SSSR count). The zero-order valence-electron chi connectivity index (χ0n) is 19.0. The van der Waals surface area contributed by atoms with Crippen molar-refractivity contribution in [3.8, 4) is 5.75 Å². The van der Waals surface area contributed by atoms with E-state index in [2.05, 4.69) is 0 Å². The number of hydrogen-bond acceptors (Lipinski definition) is 4. The zero-order chi connectivity index (χ0) is 23.3. The van der Waals surface area contributed by atoms with E-state index in [9.17, 15) is 9.59 Å². The van der Waals surface area contributed by atoms with Gasteiger partial charge in [-0.3, -0.25) is 9.59 Å². The lowest BCUT2D eigenvalue weighted by Crippen LogP contribution is -2.32. The zero-order valence-corrected chi connectivity index (χ0v) is 19.0. The van der Waals surface area contributed by atoms with Crippen LogP contribution in [0.5, 0.6) is 5.75 Å². The van der Waals surface area contributed by atoms with Gasteiger partial charge < -0.3 is 9.64 Å². The number of hydrogen-bond donors (Lipinski definition) is 0. The molecule has 34 heavy (non-hydrogen) atoms. The normalized spacial score (nSPS) is 17.5. The topological polar surface area (TPSA) is 62.2 Å². The van der Waals surface area contributed by atoms with E-state index in [1.165, 1.54) is 0 Å². The summed E-state index contributed by atoms with van der Waals surface area (Å²) in [6.45, 7) is 1.57. The number of ether oxygens (including phenoxy) is 1. The second-order valence-electron chi connectivity index (χ2n) is 8.56. The smallest absolute Gasteiger partial charge is 0.274 e. The first-order valence-corrected chi connectivity index (χ1v) is 11.7. The van der Waals surface area contributed by atoms with Crippen LogP contribution in [0.3, 0.4) is 0 Å². The van der Waals surface area contributed by atoms with Crippen molar-refractivity contribution in [2.24, 2.45) is 5.10 Å². The summed E-state index contributed by atoms with van der Waals surface area (Å²) in [5.74, 6) is 0.437. The molecule has 0 radical (unpaired) electrons. The Labute approximate surface area is 199 Å². The highest BCUT2D eigenvalue weighted by Gasteiger charge is 2.35. The van der Waals surface area contributed by atoms with Gasteiger partial charge in [0.25, 0.3) is 11.8 Å². The number of amides is 2. The first kappa shape index (κ1) is 21.9. The summed E-state index contributed by atoms with van der Waals surface area (Å²) in [7, 11) is 0. The van der Waals surface area contributed by atoms with Gasteiger partial charge in [0.05, 0.1) is 11.8 Å². The number of nitrogens with zero attached hydrogens (tertiary/aromatic N) is 3. The largest absolute Gasteiger partial charge is 0.483 e. The molecular formula is C28H27N3O3. The Balaban J connectivity index is 1.44. The Hall–Kier alpha value is -3.93. The first-order valence-electron chi connectivity index (χ1n) is 11.7. The molecule has 1 fully saturated rings. The molecule has 1 atom stereocenters. The van der Waals surface area contributed by atoms with Crippen LogP contribution in [0.2, 0.25) is 0 Å². The van der Waals surface area contributed by atoms with Crippen LogP contribution >= 0.6 is 0 Å². The molecule has 2 aliphatic rings. The second-order valence-corrected chi connectivity index (χ2v) is 8.56. The van der Waals surface area contributed by atoms with Crippen LogP contribution in [0, 0.1) is 0 Å². The van der Waals surface area contributed by atoms with Crippen molar-refractivity contribution in [1.29, 1.82) is 0 Å². The maximum atomic E-state index is 13.5. The molecule has 1 saturated heterocycles. The fourth-order valence-electron chi connectivity index (χ4n) is 4.54. The van der Waals surface area contributed by atoms with Gasteiger partial charge in [0.2, 0.25) is 0 Å². The van der Waals surface area contributed by atoms with E-state index in [1.54, 1.807) is 17.1 Å². The maximum absolute atomic E-state index is 13.5. The Morgan fingerprint density at radius 2 is 1.50 bits per heavy atom. The molecule has 2 amide bonds. The van der Waals surface area contributed by atoms with Gasteiger partial charge in [-0.15, -0.1) is 0 Å². The van der Waals surface area contributed by atoms with E-state index in [-0.39, 0.29) is 24.5 Å². The Bertz CT molecular complexity index is 1190. The van der Waals surface area contributed by atoms with E-state index in [4.69, 9.17) is 9.84 Å². The highest BCUT2D eigenvalue weighted by Crippen LogP contribution is 2.38. The van der Waals surface area contributed by atoms with Crippen molar-refractivity contribution in [2.45, 2.75) is 25.3 Å². The van der Waals surface area contributed by atoms with Gasteiger partial charge in [-0.2, -0.15) is 5.10 Å². The number of para-hydroxylation sites is 1. The van der Waals surface area contributed by atoms with E-state index < -0.39 is 0 Å². The van der Waals surface area contributed by atoms with Crippen LogP contribution in [0.1, 0.15) is 46.8 Å².